The molecule has 2 aliphatic rings. The number of fused-ring (bicyclic) bond motifs is 3. The Labute approximate surface area is 283 Å². The van der Waals surface area contributed by atoms with Crippen LogP contribution in [0.5, 0.6) is 0 Å². The summed E-state index contributed by atoms with van der Waals surface area (Å²) in [5, 5.41) is 15.6. The minimum absolute atomic E-state index is 0.0190. The second kappa shape index (κ2) is 12.9. The Morgan fingerprint density at radius 2 is 1.62 bits per heavy atom. The number of carbonyl (C=O) groups is 2. The van der Waals surface area contributed by atoms with Gasteiger partial charge in [-0.2, -0.15) is 4.98 Å². The smallest absolute Gasteiger partial charge is 0.326 e. The molecule has 3 aromatic heterocycles. The largest absolute Gasteiger partial charge is 0.409 e. The van der Waals surface area contributed by atoms with Crippen LogP contribution in [0.25, 0.3) is 33.5 Å². The number of carbonyl (C=O) groups excluding carboxylic acids is 2. The lowest BCUT2D eigenvalue weighted by molar-refractivity contribution is -0.133. The van der Waals surface area contributed by atoms with Crippen LogP contribution in [0.1, 0.15) is 46.1 Å². The number of likely N-dealkylation sites (tertiary alicyclic amines) is 1. The number of nitrogens with one attached hydrogen (secondary N) is 2. The van der Waals surface area contributed by atoms with Gasteiger partial charge in [-0.15, -0.1) is 0 Å². The van der Waals surface area contributed by atoms with Crippen LogP contribution in [0.15, 0.2) is 79.9 Å². The van der Waals surface area contributed by atoms with E-state index in [9.17, 15) is 19.2 Å². The number of oxime groups is 1. The number of aromatic nitrogens is 6. The third-order valence-corrected chi connectivity index (χ3v) is 9.33. The zero-order valence-electron chi connectivity index (χ0n) is 27.3. The van der Waals surface area contributed by atoms with Gasteiger partial charge in [-0.05, 0) is 60.9 Å². The summed E-state index contributed by atoms with van der Waals surface area (Å²) in [5.41, 5.74) is 11.0. The van der Waals surface area contributed by atoms with Gasteiger partial charge in [-0.3, -0.25) is 18.7 Å². The minimum atomic E-state index is -0.193. The molecule has 5 N–H and O–H groups in total. The van der Waals surface area contributed by atoms with E-state index in [-0.39, 0.29) is 41.5 Å². The van der Waals surface area contributed by atoms with Gasteiger partial charge in [0.05, 0.1) is 22.1 Å². The number of amides is 2. The molecule has 0 radical (unpaired) electrons. The molecular weight excluding hydrogens is 644 g/mol. The lowest BCUT2D eigenvalue weighted by Crippen LogP contribution is -2.44. The van der Waals surface area contributed by atoms with Crippen LogP contribution < -0.4 is 17.1 Å². The summed E-state index contributed by atoms with van der Waals surface area (Å²) in [7, 11) is 3.36. The van der Waals surface area contributed by atoms with Gasteiger partial charge in [0.1, 0.15) is 6.54 Å². The van der Waals surface area contributed by atoms with E-state index in [1.54, 1.807) is 41.8 Å². The molecule has 2 aliphatic heterocycles. The summed E-state index contributed by atoms with van der Waals surface area (Å²) >= 11 is 0. The monoisotopic (exact) mass is 678 g/mol. The molecule has 2 amide bonds. The van der Waals surface area contributed by atoms with Crippen LogP contribution in [-0.2, 0) is 25.4 Å². The van der Waals surface area contributed by atoms with E-state index >= 15 is 0 Å². The topological polar surface area (TPSA) is 214 Å². The second-order valence-corrected chi connectivity index (χ2v) is 12.4. The predicted octanol–water partition coefficient (Wildman–Crippen LogP) is 2.24. The summed E-state index contributed by atoms with van der Waals surface area (Å²) < 4.78 is 8.57. The van der Waals surface area contributed by atoms with Crippen molar-refractivity contribution in [3.8, 4) is 11.4 Å². The van der Waals surface area contributed by atoms with Crippen LogP contribution in [-0.4, -0.2) is 81.5 Å². The molecule has 0 bridgehead atoms. The molecule has 5 heterocycles. The zero-order valence-corrected chi connectivity index (χ0v) is 27.3. The first kappa shape index (κ1) is 32.1. The molecule has 50 heavy (non-hydrogen) atoms. The van der Waals surface area contributed by atoms with Gasteiger partial charge in [0.15, 0.2) is 5.84 Å². The molecule has 16 nitrogen and oxygen atoms in total. The Morgan fingerprint density at radius 1 is 0.960 bits per heavy atom. The van der Waals surface area contributed by atoms with E-state index in [1.807, 2.05) is 47.4 Å². The van der Waals surface area contributed by atoms with Crippen LogP contribution in [0.4, 0.5) is 0 Å². The Kier molecular flexibility index (Phi) is 8.27. The van der Waals surface area contributed by atoms with Crippen molar-refractivity contribution in [1.29, 1.82) is 0 Å². The first-order chi connectivity index (χ1) is 24.1. The van der Waals surface area contributed by atoms with E-state index in [0.29, 0.717) is 60.8 Å². The summed E-state index contributed by atoms with van der Waals surface area (Å²) in [4.78, 5) is 62.1. The summed E-state index contributed by atoms with van der Waals surface area (Å²) in [6.07, 6.45) is 1.43. The number of H-pyrrole nitrogens is 2. The van der Waals surface area contributed by atoms with Crippen LogP contribution in [0.2, 0.25) is 0 Å². The summed E-state index contributed by atoms with van der Waals surface area (Å²) in [6.45, 7) is 1.72. The number of piperidine rings is 1. The first-order valence-corrected chi connectivity index (χ1v) is 16.0. The van der Waals surface area contributed by atoms with Crippen molar-refractivity contribution in [1.82, 2.24) is 39.0 Å². The number of rotatable bonds is 5. The molecule has 16 heteroatoms. The molecule has 0 aliphatic carbocycles. The van der Waals surface area contributed by atoms with Crippen molar-refractivity contribution in [3.05, 3.63) is 104 Å². The van der Waals surface area contributed by atoms with E-state index < -0.39 is 0 Å². The van der Waals surface area contributed by atoms with Crippen LogP contribution in [0.3, 0.4) is 0 Å². The molecule has 0 saturated carbocycles. The maximum Gasteiger partial charge on any atom is 0.326 e. The number of hydrogen-bond acceptors (Lipinski definition) is 9. The summed E-state index contributed by atoms with van der Waals surface area (Å²) in [5.74, 6) is 0.992. The second-order valence-electron chi connectivity index (χ2n) is 12.4. The number of nitrogens with two attached hydrogens (primary N) is 1. The van der Waals surface area contributed by atoms with E-state index in [1.165, 1.54) is 4.57 Å². The molecular formula is C34H34N10O6. The third-order valence-electron chi connectivity index (χ3n) is 9.33. The van der Waals surface area contributed by atoms with E-state index in [0.717, 1.165) is 27.7 Å². The van der Waals surface area contributed by atoms with Crippen LogP contribution in [0, 0.1) is 0 Å². The standard InChI is InChI=1S/C25H24N6O4.C9H10N4O2/c1-29-20-12-16(6-7-19(20)26-25(29)34)22-27-23(35-28-22)15-8-10-30(11-9-15)21(32)14-31-13-17-4-2-3-5-18(17)24(31)33;1-13-7-4-5(8(10)12-15)2-3-6(7)11-9(13)14/h2-7,12,15H,8-11,13-14H2,1H3,(H,26,34);2-4,15H,1H3,(H2,10,12)(H,11,14). The fourth-order valence-electron chi connectivity index (χ4n) is 6.40. The molecule has 8 rings (SSSR count). The quantitative estimate of drug-likeness (QED) is 0.0909. The normalized spacial score (nSPS) is 15.1. The van der Waals surface area contributed by atoms with Crippen molar-refractivity contribution in [2.45, 2.75) is 25.3 Å². The lowest BCUT2D eigenvalue weighted by atomic mass is 9.96. The number of nitrogens with zero attached hydrogens (tertiary/aromatic N) is 7. The van der Waals surface area contributed by atoms with E-state index in [4.69, 9.17) is 15.5 Å². The molecule has 6 aromatic rings. The van der Waals surface area contributed by atoms with Crippen molar-refractivity contribution >= 4 is 39.7 Å². The maximum absolute atomic E-state index is 12.9. The highest BCUT2D eigenvalue weighted by Crippen LogP contribution is 2.30. The number of hydrogen-bond donors (Lipinski definition) is 4. The van der Waals surface area contributed by atoms with Gasteiger partial charge in [0.2, 0.25) is 17.6 Å². The highest BCUT2D eigenvalue weighted by atomic mass is 16.5. The maximum atomic E-state index is 12.9. The van der Waals surface area contributed by atoms with Crippen molar-refractivity contribution in [3.63, 3.8) is 0 Å². The first-order valence-electron chi connectivity index (χ1n) is 16.0. The number of amidine groups is 1. The Balaban J connectivity index is 0.000000219. The fourth-order valence-corrected chi connectivity index (χ4v) is 6.40. The van der Waals surface area contributed by atoms with E-state index in [2.05, 4.69) is 25.3 Å². The number of imidazole rings is 2. The number of aromatic amines is 2. The third kappa shape index (κ3) is 5.91. The van der Waals surface area contributed by atoms with Gasteiger partial charge in [0, 0.05) is 56.3 Å². The SMILES string of the molecule is Cn1c(=O)[nH]c2ccc(-c3noc(C4CCN(C(=O)CN5Cc6ccccc6C5=O)CC4)n3)cc21.Cn1c(=O)[nH]c2ccc(/C(N)=N/O)cc21. The molecule has 0 unspecified atom stereocenters. The average molecular weight is 679 g/mol. The molecule has 0 spiro atoms. The number of aryl methyl sites for hydroxylation is 2. The highest BCUT2D eigenvalue weighted by Gasteiger charge is 2.32. The molecule has 0 atom stereocenters. The molecule has 256 valence electrons. The lowest BCUT2D eigenvalue weighted by Gasteiger charge is -2.31. The average Bonchev–Trinajstić information content (AvgIpc) is 3.89. The fraction of sp³-hybridized carbons (Fsp3) is 0.265. The van der Waals surface area contributed by atoms with Crippen molar-refractivity contribution in [2.75, 3.05) is 19.6 Å². The minimum Gasteiger partial charge on any atom is -0.409 e. The Hall–Kier alpha value is -6.45. The van der Waals surface area contributed by atoms with Crippen LogP contribution >= 0.6 is 0 Å². The summed E-state index contributed by atoms with van der Waals surface area (Å²) in [6, 6.07) is 18.1. The van der Waals surface area contributed by atoms with Gasteiger partial charge < -0.3 is 35.2 Å². The molecule has 1 fully saturated rings. The molecule has 1 saturated heterocycles. The Bertz CT molecular complexity index is 2410. The van der Waals surface area contributed by atoms with Gasteiger partial charge in [0.25, 0.3) is 5.91 Å². The van der Waals surface area contributed by atoms with Gasteiger partial charge in [-0.1, -0.05) is 28.5 Å². The van der Waals surface area contributed by atoms with Gasteiger partial charge in [-0.25, -0.2) is 9.59 Å². The van der Waals surface area contributed by atoms with Crippen molar-refractivity contribution in [2.24, 2.45) is 25.0 Å². The number of benzene rings is 3. The Morgan fingerprint density at radius 3 is 2.30 bits per heavy atom. The van der Waals surface area contributed by atoms with Gasteiger partial charge >= 0.3 is 11.4 Å². The van der Waals surface area contributed by atoms with Crippen molar-refractivity contribution < 1.29 is 19.3 Å². The zero-order chi connectivity index (χ0) is 35.1. The molecule has 3 aromatic carbocycles. The highest BCUT2D eigenvalue weighted by molar-refractivity contribution is 6.00. The predicted molar refractivity (Wildman–Crippen MR) is 183 cm³/mol.